The summed E-state index contributed by atoms with van der Waals surface area (Å²) in [6, 6.07) is 2.77. The lowest BCUT2D eigenvalue weighted by Crippen LogP contribution is -2.10. The van der Waals surface area contributed by atoms with E-state index < -0.39 is 41.8 Å². The van der Waals surface area contributed by atoms with Gasteiger partial charge in [-0.15, -0.1) is 0 Å². The Morgan fingerprint density at radius 3 is 2.17 bits per heavy atom. The number of halogens is 3. The molecule has 0 radical (unpaired) electrons. The van der Waals surface area contributed by atoms with E-state index in [1.807, 2.05) is 0 Å². The van der Waals surface area contributed by atoms with Crippen molar-refractivity contribution in [3.05, 3.63) is 23.8 Å². The van der Waals surface area contributed by atoms with Gasteiger partial charge in [0.1, 0.15) is 4.90 Å². The van der Waals surface area contributed by atoms with Crippen LogP contribution in [0.5, 0.6) is 5.75 Å². The minimum atomic E-state index is -4.58. The summed E-state index contributed by atoms with van der Waals surface area (Å²) >= 11 is 0. The topological polar surface area (TPSA) is 77.5 Å². The van der Waals surface area contributed by atoms with Gasteiger partial charge in [-0.2, -0.15) is 8.42 Å². The molecule has 0 amide bonds. The average molecular weight is 321 g/mol. The molecule has 0 heterocycles. The van der Waals surface area contributed by atoms with Crippen LogP contribution < -0.4 is 4.18 Å². The molecule has 0 unspecified atom stereocenters. The van der Waals surface area contributed by atoms with Crippen LogP contribution in [-0.2, 0) is 19.2 Å². The van der Waals surface area contributed by atoms with E-state index in [-0.39, 0.29) is 0 Å². The van der Waals surface area contributed by atoms with Crippen LogP contribution >= 0.6 is 10.7 Å². The summed E-state index contributed by atoms with van der Waals surface area (Å²) in [6.45, 7) is 0. The van der Waals surface area contributed by atoms with Crippen molar-refractivity contribution in [2.75, 3.05) is 6.26 Å². The minimum absolute atomic E-state index is 0.646. The predicted octanol–water partition coefficient (Wildman–Crippen LogP) is 1.89. The number of rotatable bonds is 4. The summed E-state index contributed by atoms with van der Waals surface area (Å²) in [6.07, 6.45) is -2.50. The third-order valence-electron chi connectivity index (χ3n) is 1.73. The minimum Gasteiger partial charge on any atom is -0.381 e. The molecule has 0 fully saturated rings. The van der Waals surface area contributed by atoms with E-state index in [9.17, 15) is 25.6 Å². The van der Waals surface area contributed by atoms with Crippen LogP contribution in [-0.4, -0.2) is 23.1 Å². The van der Waals surface area contributed by atoms with E-state index >= 15 is 0 Å². The molecule has 102 valence electrons. The van der Waals surface area contributed by atoms with Crippen LogP contribution in [0.3, 0.4) is 0 Å². The van der Waals surface area contributed by atoms with Crippen molar-refractivity contribution >= 4 is 29.9 Å². The summed E-state index contributed by atoms with van der Waals surface area (Å²) in [4.78, 5) is -1.05. The standard InChI is InChI=1S/C8H7ClF2O5S2/c1-17(12,13)16-6-4-2-3-5(8(10)11)7(6)18(9,14)15/h2-4,8H,1H3. The molecule has 1 rings (SSSR count). The second-order valence-corrected chi connectivity index (χ2v) is 7.28. The molecule has 0 saturated carbocycles. The highest BCUT2D eigenvalue weighted by Crippen LogP contribution is 2.36. The molecular weight excluding hydrogens is 314 g/mol. The maximum atomic E-state index is 12.6. The Bertz CT molecular complexity index is 654. The average Bonchev–Trinajstić information content (AvgIpc) is 2.12. The summed E-state index contributed by atoms with van der Waals surface area (Å²) in [5, 5.41) is 0. The van der Waals surface area contributed by atoms with Gasteiger partial charge in [0.05, 0.1) is 6.26 Å². The van der Waals surface area contributed by atoms with Gasteiger partial charge in [0.25, 0.3) is 15.5 Å². The highest BCUT2D eigenvalue weighted by molar-refractivity contribution is 8.13. The molecule has 18 heavy (non-hydrogen) atoms. The van der Waals surface area contributed by atoms with Crippen molar-refractivity contribution in [2.24, 2.45) is 0 Å². The van der Waals surface area contributed by atoms with Crippen molar-refractivity contribution in [1.29, 1.82) is 0 Å². The Morgan fingerprint density at radius 2 is 1.78 bits per heavy atom. The van der Waals surface area contributed by atoms with Crippen LogP contribution in [0.15, 0.2) is 23.1 Å². The van der Waals surface area contributed by atoms with Crippen molar-refractivity contribution in [3.8, 4) is 5.75 Å². The molecule has 0 aliphatic heterocycles. The second kappa shape index (κ2) is 4.98. The van der Waals surface area contributed by atoms with Crippen molar-refractivity contribution in [2.45, 2.75) is 11.3 Å². The molecule has 0 atom stereocenters. The normalized spacial score (nSPS) is 12.7. The molecule has 0 N–H and O–H groups in total. The third kappa shape index (κ3) is 3.79. The van der Waals surface area contributed by atoms with Gasteiger partial charge in [0.15, 0.2) is 5.75 Å². The van der Waals surface area contributed by atoms with Gasteiger partial charge in [0, 0.05) is 16.2 Å². The zero-order valence-corrected chi connectivity index (χ0v) is 11.2. The van der Waals surface area contributed by atoms with Crippen LogP contribution in [0.4, 0.5) is 8.78 Å². The van der Waals surface area contributed by atoms with Crippen molar-refractivity contribution in [3.63, 3.8) is 0 Å². The zero-order valence-electron chi connectivity index (χ0n) is 8.80. The molecule has 1 aromatic carbocycles. The highest BCUT2D eigenvalue weighted by atomic mass is 35.7. The third-order valence-corrected chi connectivity index (χ3v) is 3.60. The van der Waals surface area contributed by atoms with Crippen molar-refractivity contribution < 1.29 is 29.8 Å². The first-order valence-corrected chi connectivity index (χ1v) is 8.40. The van der Waals surface area contributed by atoms with Gasteiger partial charge in [-0.1, -0.05) is 12.1 Å². The molecule has 5 nitrogen and oxygen atoms in total. The summed E-state index contributed by atoms with van der Waals surface area (Å²) in [5.41, 5.74) is -0.925. The number of alkyl halides is 2. The quantitative estimate of drug-likeness (QED) is 0.625. The predicted molar refractivity (Wildman–Crippen MR) is 59.9 cm³/mol. The van der Waals surface area contributed by atoms with Gasteiger partial charge >= 0.3 is 10.1 Å². The van der Waals surface area contributed by atoms with Crippen LogP contribution in [0.1, 0.15) is 12.0 Å². The summed E-state index contributed by atoms with van der Waals surface area (Å²) < 4.78 is 73.9. The molecule has 0 bridgehead atoms. The van der Waals surface area contributed by atoms with Gasteiger partial charge < -0.3 is 4.18 Å². The van der Waals surface area contributed by atoms with Crippen LogP contribution in [0.2, 0.25) is 0 Å². The van der Waals surface area contributed by atoms with E-state index in [2.05, 4.69) is 4.18 Å². The van der Waals surface area contributed by atoms with Crippen molar-refractivity contribution in [1.82, 2.24) is 0 Å². The number of hydrogen-bond acceptors (Lipinski definition) is 5. The maximum Gasteiger partial charge on any atom is 0.306 e. The molecule has 0 saturated heterocycles. The Kier molecular flexibility index (Phi) is 4.19. The van der Waals surface area contributed by atoms with Gasteiger partial charge in [-0.25, -0.2) is 17.2 Å². The van der Waals surface area contributed by atoms with Crippen LogP contribution in [0.25, 0.3) is 0 Å². The van der Waals surface area contributed by atoms with E-state index in [0.29, 0.717) is 6.26 Å². The zero-order chi connectivity index (χ0) is 14.1. The molecule has 1 aromatic rings. The number of hydrogen-bond donors (Lipinski definition) is 0. The fraction of sp³-hybridized carbons (Fsp3) is 0.250. The highest BCUT2D eigenvalue weighted by Gasteiger charge is 2.27. The first-order chi connectivity index (χ1) is 8.02. The lowest BCUT2D eigenvalue weighted by Gasteiger charge is -2.11. The monoisotopic (exact) mass is 320 g/mol. The first kappa shape index (κ1) is 15.1. The van der Waals surface area contributed by atoms with Crippen LogP contribution in [0, 0.1) is 0 Å². The maximum absolute atomic E-state index is 12.6. The first-order valence-electron chi connectivity index (χ1n) is 4.27. The van der Waals surface area contributed by atoms with Gasteiger partial charge in [-0.3, -0.25) is 0 Å². The Balaban J connectivity index is 3.58. The lowest BCUT2D eigenvalue weighted by atomic mass is 10.2. The van der Waals surface area contributed by atoms with E-state index in [0.717, 1.165) is 18.2 Å². The number of benzene rings is 1. The Hall–Kier alpha value is -0.930. The molecule has 0 spiro atoms. The fourth-order valence-corrected chi connectivity index (χ4v) is 3.00. The lowest BCUT2D eigenvalue weighted by molar-refractivity contribution is 0.147. The SMILES string of the molecule is CS(=O)(=O)Oc1cccc(C(F)F)c1S(=O)(=O)Cl. The van der Waals surface area contributed by atoms with Gasteiger partial charge in [0.2, 0.25) is 0 Å². The smallest absolute Gasteiger partial charge is 0.306 e. The summed E-state index contributed by atoms with van der Waals surface area (Å²) in [7, 11) is -3.64. The van der Waals surface area contributed by atoms with Gasteiger partial charge in [-0.05, 0) is 6.07 Å². The second-order valence-electron chi connectivity index (χ2n) is 3.20. The van der Waals surface area contributed by atoms with E-state index in [1.165, 1.54) is 0 Å². The molecule has 0 aliphatic rings. The van der Waals surface area contributed by atoms with E-state index in [4.69, 9.17) is 10.7 Å². The molecule has 0 aromatic heterocycles. The molecule has 10 heteroatoms. The Labute approximate surface area is 107 Å². The largest absolute Gasteiger partial charge is 0.381 e. The molecular formula is C8H7ClF2O5S2. The summed E-state index contributed by atoms with van der Waals surface area (Å²) in [5.74, 6) is -0.759. The fourth-order valence-electron chi connectivity index (χ4n) is 1.19. The molecule has 0 aliphatic carbocycles. The Morgan fingerprint density at radius 1 is 1.22 bits per heavy atom. The van der Waals surface area contributed by atoms with E-state index in [1.54, 1.807) is 0 Å².